The van der Waals surface area contributed by atoms with Crippen molar-refractivity contribution in [3.8, 4) is 0 Å². The van der Waals surface area contributed by atoms with Crippen LogP contribution in [0.25, 0.3) is 0 Å². The summed E-state index contributed by atoms with van der Waals surface area (Å²) in [5, 5.41) is 5.41. The lowest BCUT2D eigenvalue weighted by Gasteiger charge is -2.24. The molecular formula is C12H22N4O4S. The molecule has 1 rings (SSSR count). The van der Waals surface area contributed by atoms with Crippen molar-refractivity contribution in [2.45, 2.75) is 43.0 Å². The van der Waals surface area contributed by atoms with Gasteiger partial charge in [0.1, 0.15) is 0 Å². The Morgan fingerprint density at radius 2 is 1.86 bits per heavy atom. The molecule has 0 spiro atoms. The minimum atomic E-state index is -0.627. The van der Waals surface area contributed by atoms with Crippen molar-refractivity contribution in [2.75, 3.05) is 12.9 Å². The number of primary amides is 2. The van der Waals surface area contributed by atoms with E-state index in [1.165, 1.54) is 7.11 Å². The highest BCUT2D eigenvalue weighted by molar-refractivity contribution is 8.00. The van der Waals surface area contributed by atoms with E-state index < -0.39 is 12.1 Å². The molecule has 1 aliphatic heterocycles. The quantitative estimate of drug-likeness (QED) is 0.384. The molecule has 0 aromatic rings. The molecule has 0 bridgehead atoms. The summed E-state index contributed by atoms with van der Waals surface area (Å²) in [6.45, 7) is 0. The second-order valence-electron chi connectivity index (χ2n) is 4.84. The molecule has 9 heteroatoms. The number of thioether (sulfide) groups is 1. The number of amides is 4. The Kier molecular flexibility index (Phi) is 7.13. The molecule has 8 nitrogen and oxygen atoms in total. The summed E-state index contributed by atoms with van der Waals surface area (Å²) in [5.41, 5.74) is 10.3. The van der Waals surface area contributed by atoms with Gasteiger partial charge in [0.2, 0.25) is 0 Å². The molecular weight excluding hydrogens is 296 g/mol. The molecule has 1 aliphatic rings. The van der Waals surface area contributed by atoms with Crippen LogP contribution in [0.15, 0.2) is 0 Å². The standard InChI is InChI=1S/C12H22N4O4S/c1-20-9(17)5-3-2-4-8-10(16-12(14)19)7(6-21-8)15-11(13)18/h7-8,10H,2-6H2,1H3,(H3,13,15,18)(H3,14,16,19)/t7-,8-,10-/m1/s1. The first-order valence-electron chi connectivity index (χ1n) is 6.74. The molecule has 120 valence electrons. The van der Waals surface area contributed by atoms with Crippen LogP contribution in [0.2, 0.25) is 0 Å². The molecule has 1 heterocycles. The molecule has 0 saturated carbocycles. The predicted molar refractivity (Wildman–Crippen MR) is 79.7 cm³/mol. The minimum absolute atomic E-state index is 0.131. The van der Waals surface area contributed by atoms with Gasteiger partial charge < -0.3 is 26.8 Å². The fourth-order valence-corrected chi connectivity index (χ4v) is 3.89. The van der Waals surface area contributed by atoms with Crippen LogP contribution in [-0.2, 0) is 9.53 Å². The molecule has 1 saturated heterocycles. The Bertz CT molecular complexity index is 393. The summed E-state index contributed by atoms with van der Waals surface area (Å²) >= 11 is 1.65. The molecule has 3 atom stereocenters. The lowest BCUT2D eigenvalue weighted by molar-refractivity contribution is -0.140. The third-order valence-electron chi connectivity index (χ3n) is 3.31. The van der Waals surface area contributed by atoms with Gasteiger partial charge in [0.15, 0.2) is 0 Å². The largest absolute Gasteiger partial charge is 0.469 e. The van der Waals surface area contributed by atoms with E-state index in [1.807, 2.05) is 0 Å². The summed E-state index contributed by atoms with van der Waals surface area (Å²) in [5.74, 6) is 0.435. The van der Waals surface area contributed by atoms with Crippen LogP contribution in [-0.4, -0.2) is 48.2 Å². The number of nitrogens with one attached hydrogen (secondary N) is 2. The third-order valence-corrected chi connectivity index (χ3v) is 4.82. The van der Waals surface area contributed by atoms with Crippen LogP contribution < -0.4 is 22.1 Å². The van der Waals surface area contributed by atoms with Gasteiger partial charge >= 0.3 is 18.0 Å². The molecule has 4 amide bonds. The van der Waals surface area contributed by atoms with E-state index >= 15 is 0 Å². The second-order valence-corrected chi connectivity index (χ2v) is 6.12. The fraction of sp³-hybridized carbons (Fsp3) is 0.750. The van der Waals surface area contributed by atoms with Crippen LogP contribution in [0.1, 0.15) is 25.7 Å². The van der Waals surface area contributed by atoms with Gasteiger partial charge in [-0.1, -0.05) is 6.42 Å². The highest BCUT2D eigenvalue weighted by atomic mass is 32.2. The van der Waals surface area contributed by atoms with Crippen molar-refractivity contribution >= 4 is 29.8 Å². The second kappa shape index (κ2) is 8.60. The van der Waals surface area contributed by atoms with Gasteiger partial charge in [-0.15, -0.1) is 0 Å². The Morgan fingerprint density at radius 1 is 1.19 bits per heavy atom. The molecule has 0 unspecified atom stereocenters. The number of carbonyl (C=O) groups excluding carboxylic acids is 3. The lowest BCUT2D eigenvalue weighted by Crippen LogP contribution is -2.55. The molecule has 0 radical (unpaired) electrons. The number of hydrogen-bond acceptors (Lipinski definition) is 5. The number of methoxy groups -OCH3 is 1. The molecule has 0 aromatic heterocycles. The van der Waals surface area contributed by atoms with Gasteiger partial charge in [-0.3, -0.25) is 4.79 Å². The molecule has 6 N–H and O–H groups in total. The van der Waals surface area contributed by atoms with Crippen molar-refractivity contribution in [1.82, 2.24) is 10.6 Å². The van der Waals surface area contributed by atoms with Crippen LogP contribution >= 0.6 is 11.8 Å². The van der Waals surface area contributed by atoms with Crippen LogP contribution in [0.3, 0.4) is 0 Å². The Balaban J connectivity index is 2.45. The number of unbranched alkanes of at least 4 members (excludes halogenated alkanes) is 1. The smallest absolute Gasteiger partial charge is 0.312 e. The molecule has 21 heavy (non-hydrogen) atoms. The topological polar surface area (TPSA) is 137 Å². The van der Waals surface area contributed by atoms with Crippen molar-refractivity contribution in [2.24, 2.45) is 11.5 Å². The lowest BCUT2D eigenvalue weighted by atomic mass is 10.0. The van der Waals surface area contributed by atoms with Crippen LogP contribution in [0.4, 0.5) is 9.59 Å². The maximum atomic E-state index is 11.1. The molecule has 0 aromatic carbocycles. The number of urea groups is 2. The number of carbonyl (C=O) groups is 3. The fourth-order valence-electron chi connectivity index (χ4n) is 2.35. The van der Waals surface area contributed by atoms with E-state index in [0.29, 0.717) is 12.2 Å². The van der Waals surface area contributed by atoms with Crippen molar-refractivity contribution in [1.29, 1.82) is 0 Å². The summed E-state index contributed by atoms with van der Waals surface area (Å²) < 4.78 is 4.58. The zero-order valence-corrected chi connectivity index (χ0v) is 12.8. The summed E-state index contributed by atoms with van der Waals surface area (Å²) in [7, 11) is 1.36. The third kappa shape index (κ3) is 6.11. The normalized spacial score (nSPS) is 24.3. The number of nitrogens with two attached hydrogens (primary N) is 2. The average Bonchev–Trinajstić information content (AvgIpc) is 2.75. The average molecular weight is 318 g/mol. The predicted octanol–water partition coefficient (Wildman–Crippen LogP) is -0.0910. The highest BCUT2D eigenvalue weighted by Crippen LogP contribution is 2.31. The van der Waals surface area contributed by atoms with Gasteiger partial charge in [-0.05, 0) is 12.8 Å². The highest BCUT2D eigenvalue weighted by Gasteiger charge is 2.37. The Morgan fingerprint density at radius 3 is 2.43 bits per heavy atom. The maximum absolute atomic E-state index is 11.1. The molecule has 0 aliphatic carbocycles. The Hall–Kier alpha value is -1.64. The zero-order valence-electron chi connectivity index (χ0n) is 12.0. The summed E-state index contributed by atoms with van der Waals surface area (Å²) in [4.78, 5) is 33.1. The maximum Gasteiger partial charge on any atom is 0.312 e. The van der Waals surface area contributed by atoms with E-state index in [4.69, 9.17) is 11.5 Å². The van der Waals surface area contributed by atoms with E-state index in [2.05, 4.69) is 15.4 Å². The van der Waals surface area contributed by atoms with Crippen molar-refractivity contribution < 1.29 is 19.1 Å². The van der Waals surface area contributed by atoms with Gasteiger partial charge in [0.25, 0.3) is 0 Å². The number of esters is 1. The van der Waals surface area contributed by atoms with Gasteiger partial charge in [-0.25, -0.2) is 9.59 Å². The first-order valence-corrected chi connectivity index (χ1v) is 7.79. The first kappa shape index (κ1) is 17.4. The van der Waals surface area contributed by atoms with Gasteiger partial charge in [0, 0.05) is 17.4 Å². The summed E-state index contributed by atoms with van der Waals surface area (Å²) in [6, 6.07) is -1.73. The summed E-state index contributed by atoms with van der Waals surface area (Å²) in [6.07, 6.45) is 2.74. The minimum Gasteiger partial charge on any atom is -0.469 e. The monoisotopic (exact) mass is 318 g/mol. The van der Waals surface area contributed by atoms with Crippen molar-refractivity contribution in [3.63, 3.8) is 0 Å². The van der Waals surface area contributed by atoms with Crippen molar-refractivity contribution in [3.05, 3.63) is 0 Å². The molecule has 1 fully saturated rings. The number of rotatable bonds is 7. The van der Waals surface area contributed by atoms with Crippen LogP contribution in [0.5, 0.6) is 0 Å². The van der Waals surface area contributed by atoms with E-state index in [0.717, 1.165) is 19.3 Å². The van der Waals surface area contributed by atoms with E-state index in [9.17, 15) is 14.4 Å². The SMILES string of the molecule is COC(=O)CCCC[C@H]1SC[C@@H](NC(N)=O)[C@H]1NC(N)=O. The van der Waals surface area contributed by atoms with E-state index in [-0.39, 0.29) is 23.3 Å². The van der Waals surface area contributed by atoms with Gasteiger partial charge in [0.05, 0.1) is 19.2 Å². The first-order chi connectivity index (χ1) is 9.93. The zero-order chi connectivity index (χ0) is 15.8. The van der Waals surface area contributed by atoms with E-state index in [1.54, 1.807) is 11.8 Å². The Labute approximate surface area is 127 Å². The number of hydrogen-bond donors (Lipinski definition) is 4. The van der Waals surface area contributed by atoms with Gasteiger partial charge in [-0.2, -0.15) is 11.8 Å². The number of ether oxygens (including phenoxy) is 1. The van der Waals surface area contributed by atoms with Crippen LogP contribution in [0, 0.1) is 0 Å².